The molecule has 0 radical (unpaired) electrons. The van der Waals surface area contributed by atoms with Crippen LogP contribution in [0.25, 0.3) is 33.6 Å². The van der Waals surface area contributed by atoms with Gasteiger partial charge in [0.15, 0.2) is 11.6 Å². The maximum Gasteiger partial charge on any atom is 0.255 e. The van der Waals surface area contributed by atoms with Gasteiger partial charge in [-0.2, -0.15) is 10.4 Å². The van der Waals surface area contributed by atoms with Crippen LogP contribution in [-0.2, 0) is 22.4 Å². The second-order valence-corrected chi connectivity index (χ2v) is 20.6. The molecular weight excluding hydrogens is 1080 g/mol. The van der Waals surface area contributed by atoms with Crippen molar-refractivity contribution in [1.82, 2.24) is 34.4 Å². The Bertz CT molecular complexity index is 4190. The quantitative estimate of drug-likeness (QED) is 0.0375. The van der Waals surface area contributed by atoms with E-state index in [0.717, 1.165) is 60.5 Å². The van der Waals surface area contributed by atoms with Crippen LogP contribution in [0.15, 0.2) is 235 Å². The number of hydrogen-bond acceptors (Lipinski definition) is 15. The molecule has 1 aliphatic rings. The van der Waals surface area contributed by atoms with Crippen molar-refractivity contribution in [2.45, 2.75) is 17.7 Å². The Balaban J connectivity index is 0.000000192. The standard InChI is InChI=1S/C37H33N7O2.C30H22N6O2S/c1-43(2)22-9-14-31(45)25-26-10-8-13-28(24-26)36(46)39-29-16-18-30(19-17-29)40-37-38-21-20-32(41-37)34-33-15-6-7-23-44(33)42-35(34)27-11-4-3-5-12-27;1-2-23(37)17-19-6-5-7-20(16-19)28(38)33-21-10-12-22(13-11-21)34-30-32-15-14-25(36-30)24(18-31)29-35-26-8-3-4-9-27(26)39-29/h3-21,23-24H,22,25H2,1-2H3,(H,39,46)(H,38,40,41);2-16,35H,1,17H2,(H,33,38)(H,32,34,36)/b14-9+;29-24-. The molecule has 6 aromatic carbocycles. The van der Waals surface area contributed by atoms with Gasteiger partial charge in [-0.1, -0.05) is 97.2 Å². The largest absolute Gasteiger partial charge is 0.348 e. The van der Waals surface area contributed by atoms with Crippen LogP contribution < -0.4 is 26.6 Å². The first-order valence-corrected chi connectivity index (χ1v) is 27.7. The number of carbonyl (C=O) groups is 4. The molecule has 11 rings (SSSR count). The first-order chi connectivity index (χ1) is 41.4. The van der Waals surface area contributed by atoms with Crippen molar-refractivity contribution in [2.24, 2.45) is 0 Å². The predicted molar refractivity (Wildman–Crippen MR) is 336 cm³/mol. The maximum absolute atomic E-state index is 13.0. The van der Waals surface area contributed by atoms with Gasteiger partial charge in [-0.3, -0.25) is 19.2 Å². The molecule has 17 nitrogen and oxygen atoms in total. The number of aromatic nitrogens is 6. The Labute approximate surface area is 495 Å². The topological polar surface area (TPSA) is 224 Å². The summed E-state index contributed by atoms with van der Waals surface area (Å²) < 4.78 is 1.86. The molecule has 10 aromatic rings. The summed E-state index contributed by atoms with van der Waals surface area (Å²) in [4.78, 5) is 70.8. The van der Waals surface area contributed by atoms with Gasteiger partial charge in [0, 0.05) is 82.3 Å². The van der Waals surface area contributed by atoms with Crippen LogP contribution in [0.4, 0.5) is 40.3 Å². The Morgan fingerprint density at radius 3 is 1.87 bits per heavy atom. The summed E-state index contributed by atoms with van der Waals surface area (Å²) in [5.41, 5.74) is 11.5. The van der Waals surface area contributed by atoms with Crippen LogP contribution in [0.3, 0.4) is 0 Å². The molecule has 0 aliphatic carbocycles. The van der Waals surface area contributed by atoms with E-state index in [2.05, 4.69) is 54.2 Å². The number of nitrogens with zero attached hydrogens (tertiary/aromatic N) is 8. The van der Waals surface area contributed by atoms with Crippen molar-refractivity contribution in [3.63, 3.8) is 0 Å². The van der Waals surface area contributed by atoms with Gasteiger partial charge < -0.3 is 31.5 Å². The number of anilines is 7. The number of ketones is 2. The van der Waals surface area contributed by atoms with E-state index in [9.17, 15) is 24.4 Å². The van der Waals surface area contributed by atoms with Gasteiger partial charge in [-0.05, 0) is 147 Å². The molecule has 1 aliphatic heterocycles. The first-order valence-electron chi connectivity index (χ1n) is 26.9. The van der Waals surface area contributed by atoms with Crippen molar-refractivity contribution in [1.29, 1.82) is 5.26 Å². The summed E-state index contributed by atoms with van der Waals surface area (Å²) in [6, 6.07) is 58.2. The molecule has 4 aromatic heterocycles. The van der Waals surface area contributed by atoms with Crippen LogP contribution in [0.1, 0.15) is 37.5 Å². The highest BCUT2D eigenvalue weighted by molar-refractivity contribution is 8.04. The summed E-state index contributed by atoms with van der Waals surface area (Å²) in [5.74, 6) is 0.127. The number of pyridine rings is 1. The van der Waals surface area contributed by atoms with Crippen LogP contribution >= 0.6 is 11.8 Å². The molecule has 0 fully saturated rings. The average Bonchev–Trinajstić information content (AvgIpc) is 2.45. The van der Waals surface area contributed by atoms with E-state index in [1.54, 1.807) is 91.3 Å². The number of carbonyl (C=O) groups excluding carboxylic acids is 4. The smallest absolute Gasteiger partial charge is 0.255 e. The summed E-state index contributed by atoms with van der Waals surface area (Å²) in [7, 11) is 3.89. The number of fused-ring (bicyclic) bond motifs is 2. The third-order valence-electron chi connectivity index (χ3n) is 13.0. The fourth-order valence-electron chi connectivity index (χ4n) is 8.93. The van der Waals surface area contributed by atoms with Gasteiger partial charge >= 0.3 is 0 Å². The second-order valence-electron chi connectivity index (χ2n) is 19.6. The lowest BCUT2D eigenvalue weighted by Crippen LogP contribution is -2.13. The van der Waals surface area contributed by atoms with Gasteiger partial charge in [-0.15, -0.1) is 0 Å². The minimum atomic E-state index is -0.280. The zero-order chi connectivity index (χ0) is 59.1. The molecule has 0 atom stereocenters. The number of thioether (sulfide) groups is 1. The molecule has 18 heteroatoms. The van der Waals surface area contributed by atoms with Crippen molar-refractivity contribution < 1.29 is 19.2 Å². The third kappa shape index (κ3) is 14.9. The zero-order valence-electron chi connectivity index (χ0n) is 46.2. The van der Waals surface area contributed by atoms with Gasteiger partial charge in [0.05, 0.1) is 33.2 Å². The normalized spacial score (nSPS) is 12.0. The van der Waals surface area contributed by atoms with Crippen molar-refractivity contribution in [2.75, 3.05) is 47.2 Å². The molecule has 0 saturated heterocycles. The Morgan fingerprint density at radius 2 is 1.25 bits per heavy atom. The van der Waals surface area contributed by atoms with Gasteiger partial charge in [-0.25, -0.2) is 24.5 Å². The summed E-state index contributed by atoms with van der Waals surface area (Å²) >= 11 is 1.49. The van der Waals surface area contributed by atoms with Gasteiger partial charge in [0.25, 0.3) is 11.8 Å². The molecule has 5 N–H and O–H groups in total. The first kappa shape index (κ1) is 57.1. The molecule has 418 valence electrons. The minimum absolute atomic E-state index is 0.00711. The third-order valence-corrected chi connectivity index (χ3v) is 14.1. The van der Waals surface area contributed by atoms with E-state index in [0.29, 0.717) is 57.9 Å². The van der Waals surface area contributed by atoms with Crippen LogP contribution in [0.2, 0.25) is 0 Å². The van der Waals surface area contributed by atoms with E-state index in [1.165, 1.54) is 17.8 Å². The van der Waals surface area contributed by atoms with Gasteiger partial charge in [0.2, 0.25) is 11.9 Å². The average molecular weight is 1140 g/mol. The highest BCUT2D eigenvalue weighted by atomic mass is 32.2. The number of nitrogens with one attached hydrogen (secondary N) is 5. The Morgan fingerprint density at radius 1 is 0.659 bits per heavy atom. The summed E-state index contributed by atoms with van der Waals surface area (Å²) in [6.07, 6.45) is 10.4. The molecular formula is C67H55N13O4S. The molecule has 0 unspecified atom stereocenters. The number of hydrogen-bond donors (Lipinski definition) is 5. The monoisotopic (exact) mass is 1140 g/mol. The van der Waals surface area contributed by atoms with Crippen LogP contribution in [-0.4, -0.2) is 78.5 Å². The van der Waals surface area contributed by atoms with E-state index >= 15 is 0 Å². The number of nitriles is 1. The molecule has 0 bridgehead atoms. The predicted octanol–water partition coefficient (Wildman–Crippen LogP) is 12.9. The lowest BCUT2D eigenvalue weighted by molar-refractivity contribution is -0.114. The molecule has 0 saturated carbocycles. The van der Waals surface area contributed by atoms with Crippen molar-refractivity contribution in [3.05, 3.63) is 258 Å². The molecule has 0 spiro atoms. The van der Waals surface area contributed by atoms with Crippen LogP contribution in [0, 0.1) is 11.3 Å². The van der Waals surface area contributed by atoms with Crippen molar-refractivity contribution in [3.8, 4) is 28.6 Å². The Hall–Kier alpha value is -11.1. The summed E-state index contributed by atoms with van der Waals surface area (Å²) in [5, 5.41) is 30.9. The summed E-state index contributed by atoms with van der Waals surface area (Å²) in [6.45, 7) is 4.18. The van der Waals surface area contributed by atoms with E-state index in [4.69, 9.17) is 10.1 Å². The molecule has 5 heterocycles. The fourth-order valence-corrected chi connectivity index (χ4v) is 9.94. The van der Waals surface area contributed by atoms with Crippen molar-refractivity contribution >= 4 is 86.6 Å². The van der Waals surface area contributed by atoms with E-state index in [-0.39, 0.29) is 36.2 Å². The fraction of sp³-hybridized carbons (Fsp3) is 0.0746. The number of amides is 2. The highest BCUT2D eigenvalue weighted by Crippen LogP contribution is 2.43. The number of likely N-dealkylation sites (N-methyl/N-ethyl adjacent to an activating group) is 1. The van der Waals surface area contributed by atoms with E-state index < -0.39 is 0 Å². The zero-order valence-corrected chi connectivity index (χ0v) is 47.0. The Kier molecular flexibility index (Phi) is 18.2. The second kappa shape index (κ2) is 27.1. The minimum Gasteiger partial charge on any atom is -0.348 e. The maximum atomic E-state index is 13.0. The number of benzene rings is 6. The number of rotatable bonds is 19. The molecule has 2 amide bonds. The van der Waals surface area contributed by atoms with Crippen LogP contribution in [0.5, 0.6) is 0 Å². The highest BCUT2D eigenvalue weighted by Gasteiger charge is 2.22. The van der Waals surface area contributed by atoms with E-state index in [1.807, 2.05) is 145 Å². The molecule has 85 heavy (non-hydrogen) atoms. The number of para-hydroxylation sites is 1. The number of allylic oxidation sites excluding steroid dienone is 3. The van der Waals surface area contributed by atoms with Gasteiger partial charge in [0.1, 0.15) is 17.3 Å². The SMILES string of the molecule is C=CC(=O)Cc1cccc(C(=O)Nc2ccc(Nc3nccc(/C(C#N)=C4/Nc5ccccc5S4)n3)cc2)c1.CN(C)C/C=C/C(=O)Cc1cccc(C(=O)Nc2ccc(Nc3nccc(-c4c(-c5ccccc5)nn5ccccc45)n3)cc2)c1. The lowest BCUT2D eigenvalue weighted by Gasteiger charge is -2.10. The lowest BCUT2D eigenvalue weighted by atomic mass is 10.0.